The van der Waals surface area contributed by atoms with Crippen molar-refractivity contribution in [1.82, 2.24) is 5.32 Å². The molecule has 1 atom stereocenters. The Bertz CT molecular complexity index is 646. The van der Waals surface area contributed by atoms with Crippen molar-refractivity contribution in [2.24, 2.45) is 5.92 Å². The van der Waals surface area contributed by atoms with E-state index in [1.165, 1.54) is 12.1 Å². The SMILES string of the molecule is CC(C)C(NC(=O)Nc1ccc(Cl)cc1F)c1ccccc1. The van der Waals surface area contributed by atoms with Crippen molar-refractivity contribution in [2.45, 2.75) is 19.9 Å². The van der Waals surface area contributed by atoms with Gasteiger partial charge in [-0.05, 0) is 29.7 Å². The Morgan fingerprint density at radius 3 is 2.41 bits per heavy atom. The van der Waals surface area contributed by atoms with Crippen LogP contribution in [-0.2, 0) is 0 Å². The van der Waals surface area contributed by atoms with Gasteiger partial charge in [0.15, 0.2) is 0 Å². The zero-order valence-corrected chi connectivity index (χ0v) is 13.2. The topological polar surface area (TPSA) is 41.1 Å². The lowest BCUT2D eigenvalue weighted by molar-refractivity contribution is 0.244. The molecule has 2 rings (SSSR count). The molecule has 2 aromatic carbocycles. The molecule has 116 valence electrons. The molecule has 0 fully saturated rings. The predicted octanol–water partition coefficient (Wildman–Crippen LogP) is 5.00. The molecule has 0 saturated carbocycles. The minimum Gasteiger partial charge on any atom is -0.331 e. The Labute approximate surface area is 134 Å². The summed E-state index contributed by atoms with van der Waals surface area (Å²) in [4.78, 5) is 12.1. The first-order valence-corrected chi connectivity index (χ1v) is 7.42. The fourth-order valence-electron chi connectivity index (χ4n) is 2.19. The van der Waals surface area contributed by atoms with E-state index in [2.05, 4.69) is 10.6 Å². The molecule has 0 radical (unpaired) electrons. The van der Waals surface area contributed by atoms with Crippen LogP contribution >= 0.6 is 11.6 Å². The van der Waals surface area contributed by atoms with Crippen LogP contribution in [0.5, 0.6) is 0 Å². The number of amides is 2. The fraction of sp³-hybridized carbons (Fsp3) is 0.235. The molecule has 0 bridgehead atoms. The molecular weight excluding hydrogens is 303 g/mol. The van der Waals surface area contributed by atoms with Crippen molar-refractivity contribution in [2.75, 3.05) is 5.32 Å². The molecule has 3 nitrogen and oxygen atoms in total. The average molecular weight is 321 g/mol. The third-order valence-electron chi connectivity index (χ3n) is 3.29. The third-order valence-corrected chi connectivity index (χ3v) is 3.53. The van der Waals surface area contributed by atoms with Crippen molar-refractivity contribution < 1.29 is 9.18 Å². The molecular formula is C17H18ClFN2O. The molecule has 0 saturated heterocycles. The maximum Gasteiger partial charge on any atom is 0.319 e. The van der Waals surface area contributed by atoms with E-state index in [1.54, 1.807) is 0 Å². The van der Waals surface area contributed by atoms with Crippen molar-refractivity contribution in [3.8, 4) is 0 Å². The van der Waals surface area contributed by atoms with Gasteiger partial charge in [0.2, 0.25) is 0 Å². The highest BCUT2D eigenvalue weighted by Gasteiger charge is 2.18. The summed E-state index contributed by atoms with van der Waals surface area (Å²) >= 11 is 5.69. The average Bonchev–Trinajstić information content (AvgIpc) is 2.48. The van der Waals surface area contributed by atoms with Crippen LogP contribution in [0.1, 0.15) is 25.5 Å². The summed E-state index contributed by atoms with van der Waals surface area (Å²) in [6.07, 6.45) is 0. The van der Waals surface area contributed by atoms with E-state index in [9.17, 15) is 9.18 Å². The number of carbonyl (C=O) groups excluding carboxylic acids is 1. The number of nitrogens with one attached hydrogen (secondary N) is 2. The van der Waals surface area contributed by atoms with Crippen LogP contribution in [-0.4, -0.2) is 6.03 Å². The molecule has 1 unspecified atom stereocenters. The minimum absolute atomic E-state index is 0.0949. The van der Waals surface area contributed by atoms with Crippen molar-refractivity contribution in [3.63, 3.8) is 0 Å². The minimum atomic E-state index is -0.566. The van der Waals surface area contributed by atoms with Crippen LogP contribution in [0.2, 0.25) is 5.02 Å². The molecule has 22 heavy (non-hydrogen) atoms. The molecule has 0 aliphatic carbocycles. The Hall–Kier alpha value is -2.07. The van der Waals surface area contributed by atoms with Gasteiger partial charge in [-0.2, -0.15) is 0 Å². The summed E-state index contributed by atoms with van der Waals surface area (Å²) in [7, 11) is 0. The highest BCUT2D eigenvalue weighted by atomic mass is 35.5. The Morgan fingerprint density at radius 2 is 1.82 bits per heavy atom. The van der Waals surface area contributed by atoms with Gasteiger partial charge in [-0.1, -0.05) is 55.8 Å². The van der Waals surface area contributed by atoms with E-state index in [4.69, 9.17) is 11.6 Å². The summed E-state index contributed by atoms with van der Waals surface area (Å²) in [6, 6.07) is 13.2. The van der Waals surface area contributed by atoms with Gasteiger partial charge in [-0.25, -0.2) is 9.18 Å². The molecule has 2 N–H and O–H groups in total. The van der Waals surface area contributed by atoms with E-state index in [0.29, 0.717) is 0 Å². The van der Waals surface area contributed by atoms with Crippen molar-refractivity contribution >= 4 is 23.3 Å². The monoisotopic (exact) mass is 320 g/mol. The summed E-state index contributed by atoms with van der Waals surface area (Å²) < 4.78 is 13.7. The van der Waals surface area contributed by atoms with Crippen LogP contribution in [0.4, 0.5) is 14.9 Å². The highest BCUT2D eigenvalue weighted by molar-refractivity contribution is 6.30. The van der Waals surface area contributed by atoms with Gasteiger partial charge in [0.25, 0.3) is 0 Å². The highest BCUT2D eigenvalue weighted by Crippen LogP contribution is 2.22. The predicted molar refractivity (Wildman–Crippen MR) is 87.6 cm³/mol. The molecule has 5 heteroatoms. The summed E-state index contributed by atoms with van der Waals surface area (Å²) in [5.74, 6) is -0.369. The maximum absolute atomic E-state index is 13.7. The zero-order valence-electron chi connectivity index (χ0n) is 12.4. The van der Waals surface area contributed by atoms with E-state index >= 15 is 0 Å². The second-order valence-electron chi connectivity index (χ2n) is 5.36. The molecule has 2 aromatic rings. The van der Waals surface area contributed by atoms with Gasteiger partial charge in [0.05, 0.1) is 11.7 Å². The first-order chi connectivity index (χ1) is 10.5. The van der Waals surface area contributed by atoms with Crippen LogP contribution in [0.15, 0.2) is 48.5 Å². The number of hydrogen-bond donors (Lipinski definition) is 2. The first-order valence-electron chi connectivity index (χ1n) is 7.05. The number of carbonyl (C=O) groups is 1. The Balaban J connectivity index is 2.09. The molecule has 0 heterocycles. The number of hydrogen-bond acceptors (Lipinski definition) is 1. The first kappa shape index (κ1) is 16.3. The Morgan fingerprint density at radius 1 is 1.14 bits per heavy atom. The van der Waals surface area contributed by atoms with Crippen molar-refractivity contribution in [3.05, 3.63) is 64.9 Å². The van der Waals surface area contributed by atoms with Gasteiger partial charge < -0.3 is 10.6 Å². The molecule has 0 spiro atoms. The quantitative estimate of drug-likeness (QED) is 0.818. The van der Waals surface area contributed by atoms with Gasteiger partial charge in [-0.15, -0.1) is 0 Å². The largest absolute Gasteiger partial charge is 0.331 e. The van der Waals surface area contributed by atoms with Crippen LogP contribution in [0.25, 0.3) is 0 Å². The van der Waals surface area contributed by atoms with E-state index in [-0.39, 0.29) is 22.7 Å². The summed E-state index contributed by atoms with van der Waals surface area (Å²) in [6.45, 7) is 4.03. The summed E-state index contributed by atoms with van der Waals surface area (Å²) in [5.41, 5.74) is 1.10. The van der Waals surface area contributed by atoms with E-state index < -0.39 is 11.8 Å². The van der Waals surface area contributed by atoms with E-state index in [0.717, 1.165) is 11.6 Å². The van der Waals surface area contributed by atoms with Gasteiger partial charge >= 0.3 is 6.03 Å². The molecule has 0 aromatic heterocycles. The molecule has 0 aliphatic heterocycles. The van der Waals surface area contributed by atoms with Gasteiger partial charge in [-0.3, -0.25) is 0 Å². The van der Waals surface area contributed by atoms with Gasteiger partial charge in [0, 0.05) is 5.02 Å². The standard InChI is InChI=1S/C17H18ClFN2O/c1-11(2)16(12-6-4-3-5-7-12)21-17(22)20-15-9-8-13(18)10-14(15)19/h3-11,16H,1-2H3,(H2,20,21,22). The van der Waals surface area contributed by atoms with Crippen LogP contribution < -0.4 is 10.6 Å². The lowest BCUT2D eigenvalue weighted by Crippen LogP contribution is -2.35. The smallest absolute Gasteiger partial charge is 0.319 e. The number of benzene rings is 2. The maximum atomic E-state index is 13.7. The third kappa shape index (κ3) is 4.21. The lowest BCUT2D eigenvalue weighted by Gasteiger charge is -2.23. The van der Waals surface area contributed by atoms with E-state index in [1.807, 2.05) is 44.2 Å². The number of rotatable bonds is 4. The zero-order chi connectivity index (χ0) is 16.1. The second-order valence-corrected chi connectivity index (χ2v) is 5.79. The van der Waals surface area contributed by atoms with Gasteiger partial charge in [0.1, 0.15) is 5.82 Å². The second kappa shape index (κ2) is 7.27. The van der Waals surface area contributed by atoms with Crippen molar-refractivity contribution in [1.29, 1.82) is 0 Å². The Kier molecular flexibility index (Phi) is 5.39. The normalized spacial score (nSPS) is 12.0. The summed E-state index contributed by atoms with van der Waals surface area (Å²) in [5, 5.41) is 5.67. The number of halogens is 2. The fourth-order valence-corrected chi connectivity index (χ4v) is 2.34. The number of anilines is 1. The van der Waals surface area contributed by atoms with Crippen LogP contribution in [0.3, 0.4) is 0 Å². The molecule has 0 aliphatic rings. The lowest BCUT2D eigenvalue weighted by atomic mass is 9.96. The molecule has 2 amide bonds. The number of urea groups is 1. The van der Waals surface area contributed by atoms with Crippen LogP contribution in [0, 0.1) is 11.7 Å².